The van der Waals surface area contributed by atoms with Crippen molar-refractivity contribution in [1.29, 1.82) is 0 Å². The van der Waals surface area contributed by atoms with E-state index in [1.165, 1.54) is 0 Å². The molecule has 0 atom stereocenters. The van der Waals surface area contributed by atoms with Gasteiger partial charge in [0.15, 0.2) is 0 Å². The Balaban J connectivity index is 1.92. The Bertz CT molecular complexity index is 753. The first kappa shape index (κ1) is 13.5. The summed E-state index contributed by atoms with van der Waals surface area (Å²) in [6, 6.07) is 5.09. The van der Waals surface area contributed by atoms with Gasteiger partial charge in [-0.2, -0.15) is 0 Å². The number of nitrogens with zero attached hydrogens (tertiary/aromatic N) is 2. The Hall–Kier alpha value is -1.44. The fourth-order valence-electron chi connectivity index (χ4n) is 2.44. The highest BCUT2D eigenvalue weighted by atomic mass is 32.2. The van der Waals surface area contributed by atoms with Crippen molar-refractivity contribution >= 4 is 27.0 Å². The molecule has 5 nitrogen and oxygen atoms in total. The van der Waals surface area contributed by atoms with Crippen molar-refractivity contribution in [1.82, 2.24) is 4.98 Å². The van der Waals surface area contributed by atoms with Crippen LogP contribution in [0.4, 0.5) is 5.69 Å². The molecule has 1 aromatic heterocycles. The maximum atomic E-state index is 11.4. The average Bonchev–Trinajstić information content (AvgIpc) is 2.95. The van der Waals surface area contributed by atoms with Crippen molar-refractivity contribution in [3.05, 3.63) is 39.8 Å². The minimum atomic E-state index is -3.66. The Morgan fingerprint density at radius 3 is 2.90 bits per heavy atom. The standard InChI is InChI=1S/C13H15N3O2S2/c1-9-15-11(8-19-9)7-16-5-4-10-2-3-12(6-13(10)16)20(14,17)18/h2-3,6,8H,4-5,7H2,1H3,(H2,14,17,18). The molecule has 0 unspecified atom stereocenters. The van der Waals surface area contributed by atoms with Gasteiger partial charge in [-0.05, 0) is 31.0 Å². The number of hydrogen-bond acceptors (Lipinski definition) is 5. The van der Waals surface area contributed by atoms with Crippen LogP contribution in [-0.4, -0.2) is 19.9 Å². The van der Waals surface area contributed by atoms with E-state index in [0.717, 1.165) is 34.9 Å². The van der Waals surface area contributed by atoms with E-state index in [1.54, 1.807) is 23.5 Å². The van der Waals surface area contributed by atoms with Crippen LogP contribution in [-0.2, 0) is 23.0 Å². The van der Waals surface area contributed by atoms with Crippen LogP contribution < -0.4 is 10.0 Å². The molecule has 0 bridgehead atoms. The topological polar surface area (TPSA) is 76.3 Å². The van der Waals surface area contributed by atoms with E-state index in [9.17, 15) is 8.42 Å². The first-order valence-corrected chi connectivity index (χ1v) is 8.68. The zero-order valence-corrected chi connectivity index (χ0v) is 12.7. The van der Waals surface area contributed by atoms with Crippen LogP contribution in [0.2, 0.25) is 0 Å². The molecule has 0 fully saturated rings. The zero-order valence-electron chi connectivity index (χ0n) is 11.0. The van der Waals surface area contributed by atoms with Crippen LogP contribution in [0, 0.1) is 6.92 Å². The summed E-state index contributed by atoms with van der Waals surface area (Å²) in [5.41, 5.74) is 3.12. The molecule has 1 aromatic carbocycles. The van der Waals surface area contributed by atoms with Gasteiger partial charge in [-0.25, -0.2) is 18.5 Å². The molecule has 2 aromatic rings. The Kier molecular flexibility index (Phi) is 3.27. The Morgan fingerprint density at radius 1 is 1.45 bits per heavy atom. The predicted octanol–water partition coefficient (Wildman–Crippen LogP) is 1.66. The highest BCUT2D eigenvalue weighted by molar-refractivity contribution is 7.89. The smallest absolute Gasteiger partial charge is 0.238 e. The SMILES string of the molecule is Cc1nc(CN2CCc3ccc(S(N)(=O)=O)cc32)cs1. The molecule has 2 N–H and O–H groups in total. The third-order valence-electron chi connectivity index (χ3n) is 3.40. The van der Waals surface area contributed by atoms with Crippen LogP contribution in [0.25, 0.3) is 0 Å². The number of aryl methyl sites for hydroxylation is 1. The van der Waals surface area contributed by atoms with Crippen LogP contribution >= 0.6 is 11.3 Å². The molecular formula is C13H15N3O2S2. The molecule has 0 saturated carbocycles. The van der Waals surface area contributed by atoms with Gasteiger partial charge in [-0.15, -0.1) is 11.3 Å². The Labute approximate surface area is 122 Å². The van der Waals surface area contributed by atoms with Gasteiger partial charge in [-0.3, -0.25) is 0 Å². The second-order valence-electron chi connectivity index (χ2n) is 4.86. The molecule has 0 saturated heterocycles. The lowest BCUT2D eigenvalue weighted by Gasteiger charge is -2.18. The average molecular weight is 309 g/mol. The molecule has 0 spiro atoms. The van der Waals surface area contributed by atoms with Gasteiger partial charge in [0, 0.05) is 17.6 Å². The quantitative estimate of drug-likeness (QED) is 0.935. The number of nitrogens with two attached hydrogens (primary N) is 1. The fourth-order valence-corrected chi connectivity index (χ4v) is 3.58. The van der Waals surface area contributed by atoms with Crippen molar-refractivity contribution in [2.24, 2.45) is 5.14 Å². The third-order valence-corrected chi connectivity index (χ3v) is 5.13. The van der Waals surface area contributed by atoms with Crippen LogP contribution in [0.15, 0.2) is 28.5 Å². The largest absolute Gasteiger partial charge is 0.365 e. The first-order valence-electron chi connectivity index (χ1n) is 6.25. The van der Waals surface area contributed by atoms with Gasteiger partial charge in [0.05, 0.1) is 22.1 Å². The Morgan fingerprint density at radius 2 is 2.25 bits per heavy atom. The number of thiazole rings is 1. The van der Waals surface area contributed by atoms with Gasteiger partial charge >= 0.3 is 0 Å². The van der Waals surface area contributed by atoms with Crippen molar-refractivity contribution in [3.63, 3.8) is 0 Å². The van der Waals surface area contributed by atoms with Crippen molar-refractivity contribution in [2.75, 3.05) is 11.4 Å². The molecule has 7 heteroatoms. The van der Waals surface area contributed by atoms with Crippen LogP contribution in [0.5, 0.6) is 0 Å². The lowest BCUT2D eigenvalue weighted by Crippen LogP contribution is -2.20. The summed E-state index contributed by atoms with van der Waals surface area (Å²) in [5, 5.41) is 8.27. The van der Waals surface area contributed by atoms with Crippen molar-refractivity contribution in [3.8, 4) is 0 Å². The van der Waals surface area contributed by atoms with E-state index in [-0.39, 0.29) is 4.90 Å². The minimum absolute atomic E-state index is 0.164. The predicted molar refractivity (Wildman–Crippen MR) is 79.4 cm³/mol. The number of benzene rings is 1. The number of aromatic nitrogens is 1. The van der Waals surface area contributed by atoms with Gasteiger partial charge in [0.25, 0.3) is 0 Å². The molecule has 1 aliphatic heterocycles. The van der Waals surface area contributed by atoms with E-state index in [2.05, 4.69) is 9.88 Å². The molecule has 1 aliphatic rings. The second-order valence-corrected chi connectivity index (χ2v) is 7.49. The van der Waals surface area contributed by atoms with Gasteiger partial charge in [0.2, 0.25) is 10.0 Å². The molecular weight excluding hydrogens is 294 g/mol. The van der Waals surface area contributed by atoms with Crippen molar-refractivity contribution < 1.29 is 8.42 Å². The second kappa shape index (κ2) is 4.83. The number of primary sulfonamides is 1. The zero-order chi connectivity index (χ0) is 14.3. The summed E-state index contributed by atoms with van der Waals surface area (Å²) >= 11 is 1.62. The highest BCUT2D eigenvalue weighted by Gasteiger charge is 2.22. The number of rotatable bonds is 3. The monoisotopic (exact) mass is 309 g/mol. The molecule has 20 heavy (non-hydrogen) atoms. The first-order chi connectivity index (χ1) is 9.43. The summed E-state index contributed by atoms with van der Waals surface area (Å²) in [5.74, 6) is 0. The summed E-state index contributed by atoms with van der Waals surface area (Å²) in [6.07, 6.45) is 0.920. The van der Waals surface area contributed by atoms with Gasteiger partial charge < -0.3 is 4.90 Å². The summed E-state index contributed by atoms with van der Waals surface area (Å²) in [6.45, 7) is 3.55. The number of anilines is 1. The lowest BCUT2D eigenvalue weighted by atomic mass is 10.2. The molecule has 0 radical (unpaired) electrons. The van der Waals surface area contributed by atoms with Crippen molar-refractivity contribution in [2.45, 2.75) is 24.8 Å². The molecule has 106 valence electrons. The molecule has 0 amide bonds. The molecule has 0 aliphatic carbocycles. The van der Waals surface area contributed by atoms with E-state index < -0.39 is 10.0 Å². The highest BCUT2D eigenvalue weighted by Crippen LogP contribution is 2.31. The maximum Gasteiger partial charge on any atom is 0.238 e. The van der Waals surface area contributed by atoms with E-state index in [4.69, 9.17) is 5.14 Å². The van der Waals surface area contributed by atoms with Crippen LogP contribution in [0.3, 0.4) is 0 Å². The number of sulfonamides is 1. The number of fused-ring (bicyclic) bond motifs is 1. The van der Waals surface area contributed by atoms with Gasteiger partial charge in [-0.1, -0.05) is 6.07 Å². The van der Waals surface area contributed by atoms with E-state index in [0.29, 0.717) is 6.54 Å². The summed E-state index contributed by atoms with van der Waals surface area (Å²) in [7, 11) is -3.66. The lowest BCUT2D eigenvalue weighted by molar-refractivity contribution is 0.598. The maximum absolute atomic E-state index is 11.4. The number of hydrogen-bond donors (Lipinski definition) is 1. The normalized spacial score (nSPS) is 14.6. The van der Waals surface area contributed by atoms with Gasteiger partial charge in [0.1, 0.15) is 0 Å². The molecule has 3 rings (SSSR count). The third kappa shape index (κ3) is 2.56. The van der Waals surface area contributed by atoms with E-state index in [1.807, 2.05) is 18.4 Å². The fraction of sp³-hybridized carbons (Fsp3) is 0.308. The minimum Gasteiger partial charge on any atom is -0.365 e. The van der Waals surface area contributed by atoms with Crippen LogP contribution in [0.1, 0.15) is 16.3 Å². The molecule has 2 heterocycles. The summed E-state index contributed by atoms with van der Waals surface area (Å²) < 4.78 is 22.9. The van der Waals surface area contributed by atoms with E-state index >= 15 is 0 Å². The summed E-state index contributed by atoms with van der Waals surface area (Å²) in [4.78, 5) is 6.77.